The van der Waals surface area contributed by atoms with E-state index in [-0.39, 0.29) is 5.91 Å². The van der Waals surface area contributed by atoms with Crippen molar-refractivity contribution in [1.29, 1.82) is 0 Å². The molecule has 1 N–H and O–H groups in total. The fourth-order valence-corrected chi connectivity index (χ4v) is 3.94. The zero-order valence-electron chi connectivity index (χ0n) is 17.5. The van der Waals surface area contributed by atoms with Gasteiger partial charge in [-0.1, -0.05) is 61.5 Å². The minimum absolute atomic E-state index is 0.0472. The van der Waals surface area contributed by atoms with E-state index < -0.39 is 0 Å². The van der Waals surface area contributed by atoms with Crippen LogP contribution in [0.5, 0.6) is 0 Å². The third kappa shape index (κ3) is 5.26. The van der Waals surface area contributed by atoms with Crippen molar-refractivity contribution < 1.29 is 4.79 Å². The van der Waals surface area contributed by atoms with E-state index in [2.05, 4.69) is 67.5 Å². The summed E-state index contributed by atoms with van der Waals surface area (Å²) in [5.41, 5.74) is 4.33. The van der Waals surface area contributed by atoms with Crippen molar-refractivity contribution in [1.82, 2.24) is 14.8 Å². The first-order chi connectivity index (χ1) is 14.0. The smallest absolute Gasteiger partial charge is 0.234 e. The van der Waals surface area contributed by atoms with Crippen LogP contribution in [-0.4, -0.2) is 26.4 Å². The quantitative estimate of drug-likeness (QED) is 0.499. The second kappa shape index (κ2) is 9.74. The number of nitrogens with zero attached hydrogens (tertiary/aromatic N) is 3. The molecule has 6 heteroatoms. The molecule has 0 unspecified atom stereocenters. The first-order valence-corrected chi connectivity index (χ1v) is 11.0. The molecule has 29 heavy (non-hydrogen) atoms. The summed E-state index contributed by atoms with van der Waals surface area (Å²) in [5.74, 6) is 1.60. The zero-order chi connectivity index (χ0) is 20.8. The van der Waals surface area contributed by atoms with Crippen LogP contribution in [0.4, 0.5) is 5.69 Å². The molecule has 1 atom stereocenters. The number of carbonyl (C=O) groups is 1. The molecule has 0 saturated carbocycles. The molecule has 0 aliphatic carbocycles. The molecule has 3 rings (SSSR count). The molecule has 1 aromatic heterocycles. The minimum atomic E-state index is -0.0472. The van der Waals surface area contributed by atoms with Gasteiger partial charge in [-0.3, -0.25) is 4.79 Å². The molecule has 3 aromatic rings. The second-order valence-electron chi connectivity index (χ2n) is 7.19. The van der Waals surface area contributed by atoms with Gasteiger partial charge in [-0.05, 0) is 49.9 Å². The third-order valence-corrected chi connectivity index (χ3v) is 5.98. The van der Waals surface area contributed by atoms with Gasteiger partial charge in [0, 0.05) is 17.8 Å². The summed E-state index contributed by atoms with van der Waals surface area (Å²) in [4.78, 5) is 12.4. The lowest BCUT2D eigenvalue weighted by Crippen LogP contribution is -2.14. The van der Waals surface area contributed by atoms with E-state index in [0.717, 1.165) is 35.2 Å². The van der Waals surface area contributed by atoms with Gasteiger partial charge in [0.15, 0.2) is 11.0 Å². The molecule has 152 valence electrons. The number of benzene rings is 2. The van der Waals surface area contributed by atoms with Gasteiger partial charge in [-0.25, -0.2) is 0 Å². The van der Waals surface area contributed by atoms with Crippen molar-refractivity contribution in [2.24, 2.45) is 0 Å². The standard InChI is InChI=1S/C23H28N4OS/c1-5-17(4)18-10-12-20(13-11-18)24-21(28)15-29-23-26-25-22(27(23)6-2)19-9-7-8-16(3)14-19/h7-14,17H,5-6,15H2,1-4H3,(H,24,28)/t17-/m0/s1. The Morgan fingerprint density at radius 3 is 2.55 bits per heavy atom. The van der Waals surface area contributed by atoms with Crippen LogP contribution in [0.25, 0.3) is 11.4 Å². The largest absolute Gasteiger partial charge is 0.325 e. The second-order valence-corrected chi connectivity index (χ2v) is 8.13. The lowest BCUT2D eigenvalue weighted by Gasteiger charge is -2.11. The van der Waals surface area contributed by atoms with E-state index in [1.54, 1.807) is 0 Å². The Morgan fingerprint density at radius 2 is 1.90 bits per heavy atom. The number of hydrogen-bond donors (Lipinski definition) is 1. The van der Waals surface area contributed by atoms with Crippen molar-refractivity contribution in [3.8, 4) is 11.4 Å². The van der Waals surface area contributed by atoms with E-state index >= 15 is 0 Å². The number of amides is 1. The van der Waals surface area contributed by atoms with Crippen LogP contribution >= 0.6 is 11.8 Å². The molecule has 0 aliphatic heterocycles. The average Bonchev–Trinajstić information content (AvgIpc) is 3.15. The van der Waals surface area contributed by atoms with Crippen LogP contribution in [0.2, 0.25) is 0 Å². The van der Waals surface area contributed by atoms with Crippen molar-refractivity contribution in [2.75, 3.05) is 11.1 Å². The fourth-order valence-electron chi connectivity index (χ4n) is 3.14. The summed E-state index contributed by atoms with van der Waals surface area (Å²) in [6.07, 6.45) is 1.10. The Kier molecular flexibility index (Phi) is 7.09. The topological polar surface area (TPSA) is 59.8 Å². The number of nitrogens with one attached hydrogen (secondary N) is 1. The molecule has 0 saturated heterocycles. The summed E-state index contributed by atoms with van der Waals surface area (Å²) in [5, 5.41) is 12.4. The van der Waals surface area contributed by atoms with Gasteiger partial charge in [-0.15, -0.1) is 10.2 Å². The van der Waals surface area contributed by atoms with Crippen LogP contribution in [0.15, 0.2) is 53.7 Å². The Labute approximate surface area is 176 Å². The van der Waals surface area contributed by atoms with Crippen molar-refractivity contribution in [3.05, 3.63) is 59.7 Å². The number of anilines is 1. The summed E-state index contributed by atoms with van der Waals surface area (Å²) in [7, 11) is 0. The molecular formula is C23H28N4OS. The van der Waals surface area contributed by atoms with Gasteiger partial charge < -0.3 is 9.88 Å². The summed E-state index contributed by atoms with van der Waals surface area (Å²) in [6, 6.07) is 16.3. The molecule has 5 nitrogen and oxygen atoms in total. The van der Waals surface area contributed by atoms with Crippen molar-refractivity contribution in [2.45, 2.75) is 51.7 Å². The first-order valence-electron chi connectivity index (χ1n) is 10.0. The maximum atomic E-state index is 12.4. The molecule has 0 fully saturated rings. The van der Waals surface area contributed by atoms with Crippen molar-refractivity contribution >= 4 is 23.4 Å². The van der Waals surface area contributed by atoms with Gasteiger partial charge in [0.25, 0.3) is 0 Å². The highest BCUT2D eigenvalue weighted by molar-refractivity contribution is 7.99. The number of rotatable bonds is 8. The maximum Gasteiger partial charge on any atom is 0.234 e. The first kappa shape index (κ1) is 21.1. The third-order valence-electron chi connectivity index (χ3n) is 5.02. The predicted octanol–water partition coefficient (Wildman–Crippen LogP) is 5.52. The van der Waals surface area contributed by atoms with Crippen LogP contribution in [0, 0.1) is 6.92 Å². The fraction of sp³-hybridized carbons (Fsp3) is 0.348. The summed E-state index contributed by atoms with van der Waals surface area (Å²) in [6.45, 7) is 9.25. The molecular weight excluding hydrogens is 380 g/mol. The SMILES string of the molecule is CC[C@H](C)c1ccc(NC(=O)CSc2nnc(-c3cccc(C)c3)n2CC)cc1. The maximum absolute atomic E-state index is 12.4. The molecule has 2 aromatic carbocycles. The molecule has 1 heterocycles. The normalized spacial score (nSPS) is 12.0. The molecule has 0 radical (unpaired) electrons. The van der Waals surface area contributed by atoms with E-state index in [1.165, 1.54) is 22.9 Å². The van der Waals surface area contributed by atoms with Crippen LogP contribution < -0.4 is 5.32 Å². The van der Waals surface area contributed by atoms with Crippen LogP contribution in [0.1, 0.15) is 44.2 Å². The number of carbonyl (C=O) groups excluding carboxylic acids is 1. The number of aromatic nitrogens is 3. The molecule has 0 bridgehead atoms. The average molecular weight is 409 g/mol. The van der Waals surface area contributed by atoms with Crippen LogP contribution in [-0.2, 0) is 11.3 Å². The van der Waals surface area contributed by atoms with E-state index in [4.69, 9.17) is 0 Å². The highest BCUT2D eigenvalue weighted by Gasteiger charge is 2.15. The Morgan fingerprint density at radius 1 is 1.14 bits per heavy atom. The zero-order valence-corrected chi connectivity index (χ0v) is 18.3. The summed E-state index contributed by atoms with van der Waals surface area (Å²) >= 11 is 1.41. The van der Waals surface area contributed by atoms with E-state index in [1.807, 2.05) is 28.8 Å². The highest BCUT2D eigenvalue weighted by Crippen LogP contribution is 2.25. The van der Waals surface area contributed by atoms with E-state index in [0.29, 0.717) is 11.7 Å². The molecule has 1 amide bonds. The van der Waals surface area contributed by atoms with Gasteiger partial charge in [-0.2, -0.15) is 0 Å². The minimum Gasteiger partial charge on any atom is -0.325 e. The van der Waals surface area contributed by atoms with Gasteiger partial charge in [0.05, 0.1) is 5.75 Å². The Balaban J connectivity index is 1.63. The van der Waals surface area contributed by atoms with E-state index in [9.17, 15) is 4.79 Å². The Hall–Kier alpha value is -2.60. The highest BCUT2D eigenvalue weighted by atomic mass is 32.2. The number of thioether (sulfide) groups is 1. The van der Waals surface area contributed by atoms with Gasteiger partial charge in [0.1, 0.15) is 0 Å². The van der Waals surface area contributed by atoms with Crippen LogP contribution in [0.3, 0.4) is 0 Å². The lowest BCUT2D eigenvalue weighted by molar-refractivity contribution is -0.113. The van der Waals surface area contributed by atoms with Gasteiger partial charge in [0.2, 0.25) is 5.91 Å². The number of aryl methyl sites for hydroxylation is 1. The number of hydrogen-bond acceptors (Lipinski definition) is 4. The summed E-state index contributed by atoms with van der Waals surface area (Å²) < 4.78 is 2.05. The molecule has 0 spiro atoms. The van der Waals surface area contributed by atoms with Crippen molar-refractivity contribution in [3.63, 3.8) is 0 Å². The Bertz CT molecular complexity index is 965. The monoisotopic (exact) mass is 408 g/mol. The predicted molar refractivity (Wildman–Crippen MR) is 120 cm³/mol. The van der Waals surface area contributed by atoms with Gasteiger partial charge >= 0.3 is 0 Å². The molecule has 0 aliphatic rings. The lowest BCUT2D eigenvalue weighted by atomic mass is 9.99.